The largest absolute Gasteiger partial charge is 0.352 e. The van der Waals surface area contributed by atoms with Crippen molar-refractivity contribution in [1.29, 1.82) is 0 Å². The first-order chi connectivity index (χ1) is 10.2. The van der Waals surface area contributed by atoms with Crippen LogP contribution in [0.15, 0.2) is 36.4 Å². The number of hydrogen-bond acceptors (Lipinski definition) is 4. The van der Waals surface area contributed by atoms with E-state index >= 15 is 0 Å². The molecule has 0 amide bonds. The third-order valence-corrected chi connectivity index (χ3v) is 3.86. The van der Waals surface area contributed by atoms with Gasteiger partial charge in [0.1, 0.15) is 0 Å². The Labute approximate surface area is 131 Å². The molecule has 1 heterocycles. The number of tetrazole rings is 1. The second kappa shape index (κ2) is 5.71. The molecule has 0 saturated heterocycles. The summed E-state index contributed by atoms with van der Waals surface area (Å²) in [5.74, 6) is 0.498. The summed E-state index contributed by atoms with van der Waals surface area (Å²) in [6.45, 7) is 1.93. The lowest BCUT2D eigenvalue weighted by Gasteiger charge is -2.14. The number of hydrogen-bond donors (Lipinski definition) is 2. The van der Waals surface area contributed by atoms with Crippen molar-refractivity contribution in [2.75, 3.05) is 5.32 Å². The van der Waals surface area contributed by atoms with Gasteiger partial charge in [0.15, 0.2) is 0 Å². The number of benzene rings is 2. The van der Waals surface area contributed by atoms with Gasteiger partial charge in [-0.05, 0) is 35.9 Å². The van der Waals surface area contributed by atoms with E-state index in [2.05, 4.69) is 25.9 Å². The van der Waals surface area contributed by atoms with Gasteiger partial charge in [-0.2, -0.15) is 5.21 Å². The number of halogens is 2. The van der Waals surface area contributed by atoms with Crippen LogP contribution < -0.4 is 5.32 Å². The van der Waals surface area contributed by atoms with E-state index in [9.17, 15) is 0 Å². The molecule has 7 heteroatoms. The van der Waals surface area contributed by atoms with Crippen LogP contribution in [0.1, 0.15) is 5.56 Å². The van der Waals surface area contributed by atoms with E-state index in [-0.39, 0.29) is 0 Å². The van der Waals surface area contributed by atoms with Crippen LogP contribution in [0.2, 0.25) is 10.0 Å². The Morgan fingerprint density at radius 3 is 2.67 bits per heavy atom. The molecule has 3 rings (SSSR count). The number of rotatable bonds is 3. The minimum atomic E-state index is 0.498. The minimum Gasteiger partial charge on any atom is -0.352 e. The Kier molecular flexibility index (Phi) is 3.77. The van der Waals surface area contributed by atoms with Gasteiger partial charge in [0, 0.05) is 11.3 Å². The summed E-state index contributed by atoms with van der Waals surface area (Å²) in [7, 11) is 0. The van der Waals surface area contributed by atoms with E-state index in [4.69, 9.17) is 23.2 Å². The SMILES string of the molecule is Cc1ccc(Cl)c(Nc2ccccc2-c2nn[nH]n2)c1Cl. The fraction of sp³-hybridized carbons (Fsp3) is 0.0714. The van der Waals surface area contributed by atoms with Gasteiger partial charge in [-0.15, -0.1) is 10.2 Å². The van der Waals surface area contributed by atoms with Crippen LogP contribution in [0, 0.1) is 6.92 Å². The van der Waals surface area contributed by atoms with Crippen LogP contribution in [-0.4, -0.2) is 20.6 Å². The molecule has 0 aliphatic rings. The van der Waals surface area contributed by atoms with Crippen molar-refractivity contribution in [1.82, 2.24) is 20.6 Å². The molecule has 0 fully saturated rings. The highest BCUT2D eigenvalue weighted by Crippen LogP contribution is 2.37. The zero-order valence-electron chi connectivity index (χ0n) is 11.1. The first-order valence-corrected chi connectivity index (χ1v) is 6.97. The summed E-state index contributed by atoms with van der Waals surface area (Å²) >= 11 is 12.6. The average molecular weight is 320 g/mol. The number of anilines is 2. The number of nitrogens with zero attached hydrogens (tertiary/aromatic N) is 3. The maximum Gasteiger partial charge on any atom is 0.206 e. The van der Waals surface area contributed by atoms with Crippen molar-refractivity contribution >= 4 is 34.6 Å². The van der Waals surface area contributed by atoms with E-state index in [0.717, 1.165) is 16.8 Å². The van der Waals surface area contributed by atoms with Crippen LogP contribution in [0.4, 0.5) is 11.4 Å². The second-order valence-electron chi connectivity index (χ2n) is 4.46. The normalized spacial score (nSPS) is 10.6. The van der Waals surface area contributed by atoms with Crippen molar-refractivity contribution in [2.24, 2.45) is 0 Å². The molecule has 0 saturated carbocycles. The molecule has 0 unspecified atom stereocenters. The molecule has 0 spiro atoms. The van der Waals surface area contributed by atoms with Crippen LogP contribution in [0.5, 0.6) is 0 Å². The summed E-state index contributed by atoms with van der Waals surface area (Å²) in [6.07, 6.45) is 0. The summed E-state index contributed by atoms with van der Waals surface area (Å²) in [6, 6.07) is 11.3. The molecule has 0 bridgehead atoms. The first kappa shape index (κ1) is 13.9. The van der Waals surface area contributed by atoms with E-state index in [1.807, 2.05) is 43.3 Å². The third-order valence-electron chi connectivity index (χ3n) is 3.06. The Bertz CT molecular complexity index is 771. The predicted octanol–water partition coefficient (Wildman–Crippen LogP) is 4.23. The minimum absolute atomic E-state index is 0.498. The van der Waals surface area contributed by atoms with Gasteiger partial charge in [-0.1, -0.05) is 41.4 Å². The van der Waals surface area contributed by atoms with E-state index in [1.54, 1.807) is 0 Å². The summed E-state index contributed by atoms with van der Waals surface area (Å²) in [4.78, 5) is 0. The van der Waals surface area contributed by atoms with Gasteiger partial charge in [0.05, 0.1) is 15.7 Å². The molecule has 3 aromatic rings. The highest BCUT2D eigenvalue weighted by atomic mass is 35.5. The Morgan fingerprint density at radius 2 is 1.90 bits per heavy atom. The molecule has 106 valence electrons. The smallest absolute Gasteiger partial charge is 0.206 e. The van der Waals surface area contributed by atoms with E-state index in [0.29, 0.717) is 21.6 Å². The molecular formula is C14H11Cl2N5. The van der Waals surface area contributed by atoms with Gasteiger partial charge < -0.3 is 5.32 Å². The van der Waals surface area contributed by atoms with Gasteiger partial charge in [-0.3, -0.25) is 0 Å². The first-order valence-electron chi connectivity index (χ1n) is 6.21. The Hall–Kier alpha value is -2.11. The zero-order valence-corrected chi connectivity index (χ0v) is 12.6. The maximum absolute atomic E-state index is 6.33. The van der Waals surface area contributed by atoms with Crippen LogP contribution in [-0.2, 0) is 0 Å². The number of H-pyrrole nitrogens is 1. The summed E-state index contributed by atoms with van der Waals surface area (Å²) < 4.78 is 0. The van der Waals surface area contributed by atoms with Crippen molar-refractivity contribution < 1.29 is 0 Å². The quantitative estimate of drug-likeness (QED) is 0.758. The highest BCUT2D eigenvalue weighted by molar-refractivity contribution is 6.39. The van der Waals surface area contributed by atoms with Gasteiger partial charge in [0.25, 0.3) is 0 Å². The molecule has 0 aliphatic heterocycles. The molecule has 0 aliphatic carbocycles. The molecule has 2 N–H and O–H groups in total. The molecule has 21 heavy (non-hydrogen) atoms. The molecule has 1 aromatic heterocycles. The van der Waals surface area contributed by atoms with Crippen molar-refractivity contribution in [3.8, 4) is 11.4 Å². The van der Waals surface area contributed by atoms with Crippen molar-refractivity contribution in [3.63, 3.8) is 0 Å². The number of aromatic amines is 1. The molecule has 2 aromatic carbocycles. The third kappa shape index (κ3) is 2.70. The van der Waals surface area contributed by atoms with Gasteiger partial charge >= 0.3 is 0 Å². The monoisotopic (exact) mass is 319 g/mol. The fourth-order valence-corrected chi connectivity index (χ4v) is 2.43. The summed E-state index contributed by atoms with van der Waals surface area (Å²) in [5, 5.41) is 18.4. The average Bonchev–Trinajstić information content (AvgIpc) is 3.02. The number of aromatic nitrogens is 4. The molecule has 5 nitrogen and oxygen atoms in total. The molecule has 0 atom stereocenters. The van der Waals surface area contributed by atoms with Crippen molar-refractivity contribution in [2.45, 2.75) is 6.92 Å². The Morgan fingerprint density at radius 1 is 1.10 bits per heavy atom. The number of para-hydroxylation sites is 1. The lowest BCUT2D eigenvalue weighted by Crippen LogP contribution is -1.97. The Balaban J connectivity index is 2.06. The zero-order chi connectivity index (χ0) is 14.8. The fourth-order valence-electron chi connectivity index (χ4n) is 1.97. The van der Waals surface area contributed by atoms with E-state index < -0.39 is 0 Å². The summed E-state index contributed by atoms with van der Waals surface area (Å²) in [5.41, 5.74) is 3.21. The van der Waals surface area contributed by atoms with Crippen molar-refractivity contribution in [3.05, 3.63) is 52.0 Å². The van der Waals surface area contributed by atoms with Crippen LogP contribution in [0.3, 0.4) is 0 Å². The van der Waals surface area contributed by atoms with E-state index in [1.165, 1.54) is 0 Å². The molecular weight excluding hydrogens is 309 g/mol. The molecule has 0 radical (unpaired) electrons. The lowest BCUT2D eigenvalue weighted by molar-refractivity contribution is 0.881. The standard InChI is InChI=1S/C14H11Cl2N5/c1-8-6-7-10(15)13(12(8)16)17-11-5-3-2-4-9(11)14-18-20-21-19-14/h2-7,17H,1H3,(H,18,19,20,21). The van der Waals surface area contributed by atoms with Crippen LogP contribution in [0.25, 0.3) is 11.4 Å². The predicted molar refractivity (Wildman–Crippen MR) is 84.1 cm³/mol. The highest BCUT2D eigenvalue weighted by Gasteiger charge is 2.13. The number of nitrogens with one attached hydrogen (secondary N) is 2. The van der Waals surface area contributed by atoms with Crippen LogP contribution >= 0.6 is 23.2 Å². The second-order valence-corrected chi connectivity index (χ2v) is 5.24. The number of aryl methyl sites for hydroxylation is 1. The topological polar surface area (TPSA) is 66.5 Å². The van der Waals surface area contributed by atoms with Gasteiger partial charge in [0.2, 0.25) is 5.82 Å². The van der Waals surface area contributed by atoms with Gasteiger partial charge in [-0.25, -0.2) is 0 Å². The lowest BCUT2D eigenvalue weighted by atomic mass is 10.1. The maximum atomic E-state index is 6.33.